The Morgan fingerprint density at radius 3 is 2.64 bits per heavy atom. The van der Waals surface area contributed by atoms with Gasteiger partial charge in [-0.1, -0.05) is 36.4 Å². The van der Waals surface area contributed by atoms with E-state index in [1.807, 2.05) is 36.5 Å². The number of likely N-dealkylation sites (N-methyl/N-ethyl adjacent to an activating group) is 1. The van der Waals surface area contributed by atoms with Gasteiger partial charge < -0.3 is 4.90 Å². The number of para-hydroxylation sites is 1. The lowest BCUT2D eigenvalue weighted by molar-refractivity contribution is -0.125. The Hall–Kier alpha value is -3.21. The fourth-order valence-corrected chi connectivity index (χ4v) is 2.40. The molecular formula is C20H18FN3O. The number of hydrogen-bond acceptors (Lipinski definition) is 2. The van der Waals surface area contributed by atoms with Crippen molar-refractivity contribution in [2.75, 3.05) is 7.05 Å². The summed E-state index contributed by atoms with van der Waals surface area (Å²) in [6.07, 6.45) is 6.70. The van der Waals surface area contributed by atoms with Crippen molar-refractivity contribution in [3.05, 3.63) is 90.0 Å². The molecule has 126 valence electrons. The fourth-order valence-electron chi connectivity index (χ4n) is 2.40. The number of carbonyl (C=O) groups is 1. The summed E-state index contributed by atoms with van der Waals surface area (Å²) in [5, 5.41) is 4.28. The van der Waals surface area contributed by atoms with Crippen LogP contribution in [0.15, 0.2) is 73.1 Å². The molecule has 0 spiro atoms. The molecule has 0 N–H and O–H groups in total. The standard InChI is InChI=1S/C20H18FN3O/c1-23(15-17-7-5-6-10-19(17)21)20(25)12-11-16-13-22-24(14-16)18-8-3-2-4-9-18/h2-14H,15H2,1H3/b12-11+. The number of carbonyl (C=O) groups excluding carboxylic acids is 1. The number of nitrogens with zero attached hydrogens (tertiary/aromatic N) is 3. The van der Waals surface area contributed by atoms with Crippen LogP contribution in [0.25, 0.3) is 11.8 Å². The van der Waals surface area contributed by atoms with Crippen LogP contribution in [0.3, 0.4) is 0 Å². The van der Waals surface area contributed by atoms with Gasteiger partial charge >= 0.3 is 0 Å². The highest BCUT2D eigenvalue weighted by Gasteiger charge is 2.09. The summed E-state index contributed by atoms with van der Waals surface area (Å²) in [6, 6.07) is 16.2. The Morgan fingerprint density at radius 1 is 1.16 bits per heavy atom. The highest BCUT2D eigenvalue weighted by atomic mass is 19.1. The van der Waals surface area contributed by atoms with E-state index in [9.17, 15) is 9.18 Å². The van der Waals surface area contributed by atoms with E-state index in [1.165, 1.54) is 17.0 Å². The van der Waals surface area contributed by atoms with Gasteiger partial charge in [0.05, 0.1) is 11.9 Å². The van der Waals surface area contributed by atoms with Crippen LogP contribution in [0.4, 0.5) is 4.39 Å². The molecule has 5 heteroatoms. The Balaban J connectivity index is 1.64. The second-order valence-corrected chi connectivity index (χ2v) is 5.67. The summed E-state index contributed by atoms with van der Waals surface area (Å²) in [5.74, 6) is -0.508. The van der Waals surface area contributed by atoms with Gasteiger partial charge in [0.25, 0.3) is 0 Å². The Morgan fingerprint density at radius 2 is 1.88 bits per heavy atom. The Kier molecular flexibility index (Phi) is 5.04. The molecule has 25 heavy (non-hydrogen) atoms. The van der Waals surface area contributed by atoms with Gasteiger partial charge in [-0.2, -0.15) is 5.10 Å². The van der Waals surface area contributed by atoms with E-state index in [0.29, 0.717) is 5.56 Å². The van der Waals surface area contributed by atoms with Crippen LogP contribution in [0, 0.1) is 5.82 Å². The average Bonchev–Trinajstić information content (AvgIpc) is 3.11. The molecule has 0 aliphatic carbocycles. The predicted molar refractivity (Wildman–Crippen MR) is 95.5 cm³/mol. The normalized spacial score (nSPS) is 11.0. The molecule has 3 rings (SSSR count). The van der Waals surface area contributed by atoms with Gasteiger partial charge in [-0.15, -0.1) is 0 Å². The van der Waals surface area contributed by atoms with Crippen molar-refractivity contribution < 1.29 is 9.18 Å². The number of halogens is 1. The molecule has 0 atom stereocenters. The minimum absolute atomic E-state index is 0.198. The zero-order chi connectivity index (χ0) is 17.6. The minimum Gasteiger partial charge on any atom is -0.338 e. The predicted octanol–water partition coefficient (Wildman–Crippen LogP) is 3.68. The van der Waals surface area contributed by atoms with Crippen molar-refractivity contribution in [1.82, 2.24) is 14.7 Å². The van der Waals surface area contributed by atoms with Gasteiger partial charge in [-0.05, 0) is 24.3 Å². The lowest BCUT2D eigenvalue weighted by Crippen LogP contribution is -2.24. The molecule has 0 saturated carbocycles. The largest absolute Gasteiger partial charge is 0.338 e. The van der Waals surface area contributed by atoms with Crippen molar-refractivity contribution in [1.29, 1.82) is 0 Å². The van der Waals surface area contributed by atoms with Crippen LogP contribution in [0.2, 0.25) is 0 Å². The summed E-state index contributed by atoms with van der Waals surface area (Å²) in [4.78, 5) is 13.7. The molecule has 0 aliphatic heterocycles. The van der Waals surface area contributed by atoms with E-state index >= 15 is 0 Å². The summed E-state index contributed by atoms with van der Waals surface area (Å²) in [7, 11) is 1.65. The maximum Gasteiger partial charge on any atom is 0.246 e. The first kappa shape index (κ1) is 16.6. The molecule has 4 nitrogen and oxygen atoms in total. The highest BCUT2D eigenvalue weighted by Crippen LogP contribution is 2.11. The van der Waals surface area contributed by atoms with E-state index in [1.54, 1.807) is 42.2 Å². The topological polar surface area (TPSA) is 38.1 Å². The molecule has 0 fully saturated rings. The fraction of sp³-hybridized carbons (Fsp3) is 0.100. The minimum atomic E-state index is -0.310. The molecule has 0 unspecified atom stereocenters. The first-order valence-corrected chi connectivity index (χ1v) is 7.90. The summed E-state index contributed by atoms with van der Waals surface area (Å²) in [5.41, 5.74) is 2.25. The molecular weight excluding hydrogens is 317 g/mol. The zero-order valence-electron chi connectivity index (χ0n) is 13.8. The van der Waals surface area contributed by atoms with Crippen molar-refractivity contribution in [3.63, 3.8) is 0 Å². The number of benzene rings is 2. The Bertz CT molecular complexity index is 887. The molecule has 1 amide bonds. The Labute approximate surface area is 145 Å². The maximum absolute atomic E-state index is 13.7. The van der Waals surface area contributed by atoms with Gasteiger partial charge in [0.15, 0.2) is 0 Å². The quantitative estimate of drug-likeness (QED) is 0.667. The molecule has 2 aromatic carbocycles. The molecule has 1 aromatic heterocycles. The van der Waals surface area contributed by atoms with Crippen LogP contribution >= 0.6 is 0 Å². The third-order valence-corrected chi connectivity index (χ3v) is 3.78. The van der Waals surface area contributed by atoms with E-state index in [4.69, 9.17) is 0 Å². The SMILES string of the molecule is CN(Cc1ccccc1F)C(=O)/C=C/c1cnn(-c2ccccc2)c1. The monoisotopic (exact) mass is 335 g/mol. The van der Waals surface area contributed by atoms with Crippen molar-refractivity contribution in [3.8, 4) is 5.69 Å². The molecule has 0 saturated heterocycles. The van der Waals surface area contributed by atoms with E-state index < -0.39 is 0 Å². The average molecular weight is 335 g/mol. The van der Waals surface area contributed by atoms with Crippen molar-refractivity contribution >= 4 is 12.0 Å². The second kappa shape index (κ2) is 7.57. The number of rotatable bonds is 5. The van der Waals surface area contributed by atoms with Crippen LogP contribution in [-0.4, -0.2) is 27.6 Å². The lowest BCUT2D eigenvalue weighted by Gasteiger charge is -2.15. The summed E-state index contributed by atoms with van der Waals surface area (Å²) < 4.78 is 15.4. The summed E-state index contributed by atoms with van der Waals surface area (Å²) >= 11 is 0. The van der Waals surface area contributed by atoms with Gasteiger partial charge in [0.1, 0.15) is 5.82 Å². The number of hydrogen-bond donors (Lipinski definition) is 0. The number of amides is 1. The van der Waals surface area contributed by atoms with Crippen molar-refractivity contribution in [2.24, 2.45) is 0 Å². The molecule has 0 bridgehead atoms. The molecule has 1 heterocycles. The second-order valence-electron chi connectivity index (χ2n) is 5.67. The third-order valence-electron chi connectivity index (χ3n) is 3.78. The molecule has 0 radical (unpaired) electrons. The molecule has 3 aromatic rings. The lowest BCUT2D eigenvalue weighted by atomic mass is 10.2. The van der Waals surface area contributed by atoms with Crippen LogP contribution < -0.4 is 0 Å². The smallest absolute Gasteiger partial charge is 0.246 e. The van der Waals surface area contributed by atoms with Gasteiger partial charge in [0, 0.05) is 37.0 Å². The van der Waals surface area contributed by atoms with Gasteiger partial charge in [-0.25, -0.2) is 9.07 Å². The van der Waals surface area contributed by atoms with Crippen LogP contribution in [-0.2, 0) is 11.3 Å². The van der Waals surface area contributed by atoms with E-state index in [-0.39, 0.29) is 18.3 Å². The third kappa shape index (κ3) is 4.20. The highest BCUT2D eigenvalue weighted by molar-refractivity contribution is 5.91. The first-order valence-electron chi connectivity index (χ1n) is 7.90. The first-order chi connectivity index (χ1) is 12.1. The maximum atomic E-state index is 13.7. The summed E-state index contributed by atoms with van der Waals surface area (Å²) in [6.45, 7) is 0.221. The zero-order valence-corrected chi connectivity index (χ0v) is 13.8. The van der Waals surface area contributed by atoms with Crippen molar-refractivity contribution in [2.45, 2.75) is 6.54 Å². The molecule has 0 aliphatic rings. The number of aromatic nitrogens is 2. The van der Waals surface area contributed by atoms with Crippen LogP contribution in [0.5, 0.6) is 0 Å². The van der Waals surface area contributed by atoms with Crippen LogP contribution in [0.1, 0.15) is 11.1 Å². The van der Waals surface area contributed by atoms with E-state index in [0.717, 1.165) is 11.3 Å². The van der Waals surface area contributed by atoms with Gasteiger partial charge in [0.2, 0.25) is 5.91 Å². The van der Waals surface area contributed by atoms with E-state index in [2.05, 4.69) is 5.10 Å². The van der Waals surface area contributed by atoms with Gasteiger partial charge in [-0.3, -0.25) is 4.79 Å².